The van der Waals surface area contributed by atoms with Gasteiger partial charge in [0.15, 0.2) is 4.67 Å². The number of halogens is 1. The number of furan rings is 1. The molecule has 0 fully saturated rings. The average Bonchev–Trinajstić information content (AvgIpc) is 2.60. The van der Waals surface area contributed by atoms with E-state index in [-0.39, 0.29) is 28.5 Å². The van der Waals surface area contributed by atoms with Crippen LogP contribution >= 0.6 is 15.9 Å². The van der Waals surface area contributed by atoms with E-state index in [1.54, 1.807) is 0 Å². The molecule has 0 radical (unpaired) electrons. The first kappa shape index (κ1) is 13.3. The summed E-state index contributed by atoms with van der Waals surface area (Å²) in [7, 11) is -2.31. The van der Waals surface area contributed by atoms with Crippen LogP contribution in [0, 0.1) is 12.3 Å². The highest BCUT2D eigenvalue weighted by atomic mass is 79.9. The molecule has 0 aromatic carbocycles. The van der Waals surface area contributed by atoms with Crippen molar-refractivity contribution in [1.82, 2.24) is 4.31 Å². The molecule has 7 heteroatoms. The molecule has 0 saturated heterocycles. The molecule has 0 spiro atoms. The quantitative estimate of drug-likeness (QED) is 0.835. The summed E-state index contributed by atoms with van der Waals surface area (Å²) in [4.78, 5) is -0.0469. The molecule has 0 amide bonds. The third-order valence-electron chi connectivity index (χ3n) is 1.86. The fourth-order valence-electron chi connectivity index (χ4n) is 1.03. The first-order chi connectivity index (χ1) is 7.43. The van der Waals surface area contributed by atoms with E-state index in [1.807, 2.05) is 0 Å². The maximum atomic E-state index is 11.9. The summed E-state index contributed by atoms with van der Waals surface area (Å²) in [5.41, 5.74) is 0. The minimum Gasteiger partial charge on any atom is -0.450 e. The maximum Gasteiger partial charge on any atom is 0.248 e. The zero-order chi connectivity index (χ0) is 12.3. The fourth-order valence-corrected chi connectivity index (χ4v) is 3.07. The van der Waals surface area contributed by atoms with Gasteiger partial charge >= 0.3 is 0 Å². The van der Waals surface area contributed by atoms with Crippen molar-refractivity contribution in [3.63, 3.8) is 0 Å². The van der Waals surface area contributed by atoms with Gasteiger partial charge in [0.2, 0.25) is 10.0 Å². The molecule has 0 saturated carbocycles. The summed E-state index contributed by atoms with van der Waals surface area (Å²) in [5.74, 6) is 2.40. The van der Waals surface area contributed by atoms with Gasteiger partial charge in [-0.1, -0.05) is 5.92 Å². The van der Waals surface area contributed by atoms with Crippen molar-refractivity contribution >= 4 is 26.0 Å². The average molecular weight is 308 g/mol. The summed E-state index contributed by atoms with van der Waals surface area (Å²) in [6.45, 7) is -0.401. The van der Waals surface area contributed by atoms with Gasteiger partial charge < -0.3 is 9.52 Å². The molecular formula is C9H10BrNO4S. The fraction of sp³-hybridized carbons (Fsp3) is 0.333. The van der Waals surface area contributed by atoms with Gasteiger partial charge in [-0.25, -0.2) is 8.42 Å². The van der Waals surface area contributed by atoms with E-state index in [0.717, 1.165) is 4.31 Å². The van der Waals surface area contributed by atoms with E-state index in [0.29, 0.717) is 0 Å². The van der Waals surface area contributed by atoms with Crippen molar-refractivity contribution in [3.05, 3.63) is 16.5 Å². The Morgan fingerprint density at radius 1 is 1.69 bits per heavy atom. The van der Waals surface area contributed by atoms with Gasteiger partial charge in [-0.2, -0.15) is 4.31 Å². The zero-order valence-electron chi connectivity index (χ0n) is 8.47. The van der Waals surface area contributed by atoms with Gasteiger partial charge in [0.25, 0.3) is 0 Å². The van der Waals surface area contributed by atoms with Gasteiger partial charge in [0, 0.05) is 13.1 Å². The van der Waals surface area contributed by atoms with E-state index in [2.05, 4.69) is 21.9 Å². The van der Waals surface area contributed by atoms with E-state index in [9.17, 15) is 8.42 Å². The number of hydrogen-bond acceptors (Lipinski definition) is 4. The summed E-state index contributed by atoms with van der Waals surface area (Å²) >= 11 is 2.98. The SMILES string of the molecule is C#CCN(C)S(=O)(=O)c1cc(CO)oc1Br. The number of sulfonamides is 1. The van der Waals surface area contributed by atoms with Crippen LogP contribution in [0.1, 0.15) is 5.76 Å². The number of aliphatic hydroxyl groups is 1. The summed E-state index contributed by atoms with van der Waals surface area (Å²) < 4.78 is 29.9. The van der Waals surface area contributed by atoms with Gasteiger partial charge in [-0.3, -0.25) is 0 Å². The largest absolute Gasteiger partial charge is 0.450 e. The first-order valence-corrected chi connectivity index (χ1v) is 6.45. The summed E-state index contributed by atoms with van der Waals surface area (Å²) in [6.07, 6.45) is 5.04. The van der Waals surface area contributed by atoms with Gasteiger partial charge in [0.05, 0.1) is 6.54 Å². The molecule has 0 atom stereocenters. The maximum absolute atomic E-state index is 11.9. The number of aliphatic hydroxyl groups excluding tert-OH is 1. The van der Waals surface area contributed by atoms with Crippen LogP contribution in [0.15, 0.2) is 20.0 Å². The highest BCUT2D eigenvalue weighted by Gasteiger charge is 2.26. The van der Waals surface area contributed by atoms with Gasteiger partial charge in [0.1, 0.15) is 17.3 Å². The molecular weight excluding hydrogens is 298 g/mol. The molecule has 0 aliphatic rings. The van der Waals surface area contributed by atoms with Crippen molar-refractivity contribution in [2.75, 3.05) is 13.6 Å². The minimum atomic E-state index is -3.68. The standard InChI is InChI=1S/C9H10BrNO4S/c1-3-4-11(2)16(13,14)8-5-7(6-12)15-9(8)10/h1,5,12H,4,6H2,2H3. The lowest BCUT2D eigenvalue weighted by Crippen LogP contribution is -2.27. The lowest BCUT2D eigenvalue weighted by atomic mass is 10.5. The Bertz CT molecular complexity index is 514. The van der Waals surface area contributed by atoms with Crippen LogP contribution in [0.3, 0.4) is 0 Å². The first-order valence-electron chi connectivity index (χ1n) is 4.22. The number of rotatable bonds is 4. The van der Waals surface area contributed by atoms with Gasteiger partial charge in [-0.15, -0.1) is 6.42 Å². The van der Waals surface area contributed by atoms with E-state index in [1.165, 1.54) is 13.1 Å². The normalized spacial score (nSPS) is 11.7. The third kappa shape index (κ3) is 2.47. The molecule has 1 heterocycles. The Labute approximate surface area is 102 Å². The van der Waals surface area contributed by atoms with Crippen LogP contribution in [0.25, 0.3) is 0 Å². The number of hydrogen-bond donors (Lipinski definition) is 1. The van der Waals surface area contributed by atoms with Crippen molar-refractivity contribution in [3.8, 4) is 12.3 Å². The molecule has 0 bridgehead atoms. The highest BCUT2D eigenvalue weighted by Crippen LogP contribution is 2.28. The Hall–Kier alpha value is -0.810. The zero-order valence-corrected chi connectivity index (χ0v) is 10.9. The van der Waals surface area contributed by atoms with Crippen LogP contribution < -0.4 is 0 Å². The van der Waals surface area contributed by atoms with E-state index in [4.69, 9.17) is 15.9 Å². The lowest BCUT2D eigenvalue weighted by Gasteiger charge is -2.12. The lowest BCUT2D eigenvalue weighted by molar-refractivity contribution is 0.245. The Balaban J connectivity index is 3.17. The summed E-state index contributed by atoms with van der Waals surface area (Å²) in [6, 6.07) is 1.26. The second-order valence-corrected chi connectivity index (χ2v) is 5.71. The van der Waals surface area contributed by atoms with Crippen LogP contribution in [-0.4, -0.2) is 31.4 Å². The monoisotopic (exact) mass is 307 g/mol. The van der Waals surface area contributed by atoms with Crippen LogP contribution in [0.2, 0.25) is 0 Å². The summed E-state index contributed by atoms with van der Waals surface area (Å²) in [5, 5.41) is 8.83. The molecule has 0 aliphatic heterocycles. The van der Waals surface area contributed by atoms with Crippen LogP contribution in [-0.2, 0) is 16.6 Å². The number of terminal acetylenes is 1. The minimum absolute atomic E-state index is 0.0333. The van der Waals surface area contributed by atoms with E-state index >= 15 is 0 Å². The predicted octanol–water partition coefficient (Wildman–Crippen LogP) is 0.788. The smallest absolute Gasteiger partial charge is 0.248 e. The van der Waals surface area contributed by atoms with Gasteiger partial charge in [-0.05, 0) is 15.9 Å². The Morgan fingerprint density at radius 2 is 2.31 bits per heavy atom. The topological polar surface area (TPSA) is 70.8 Å². The molecule has 88 valence electrons. The Morgan fingerprint density at radius 3 is 2.75 bits per heavy atom. The Kier molecular flexibility index (Phi) is 4.15. The molecule has 16 heavy (non-hydrogen) atoms. The molecule has 5 nitrogen and oxygen atoms in total. The van der Waals surface area contributed by atoms with Crippen LogP contribution in [0.4, 0.5) is 0 Å². The third-order valence-corrected chi connectivity index (χ3v) is 4.52. The van der Waals surface area contributed by atoms with Crippen molar-refractivity contribution < 1.29 is 17.9 Å². The van der Waals surface area contributed by atoms with Crippen molar-refractivity contribution in [2.24, 2.45) is 0 Å². The predicted molar refractivity (Wildman–Crippen MR) is 61.0 cm³/mol. The molecule has 1 N–H and O–H groups in total. The number of nitrogens with zero attached hydrogens (tertiary/aromatic N) is 1. The second kappa shape index (κ2) is 5.01. The van der Waals surface area contributed by atoms with E-state index < -0.39 is 10.0 Å². The highest BCUT2D eigenvalue weighted by molar-refractivity contribution is 9.10. The second-order valence-electron chi connectivity index (χ2n) is 2.97. The molecule has 1 rings (SSSR count). The molecule has 1 aromatic heterocycles. The van der Waals surface area contributed by atoms with Crippen molar-refractivity contribution in [1.29, 1.82) is 0 Å². The van der Waals surface area contributed by atoms with Crippen molar-refractivity contribution in [2.45, 2.75) is 11.5 Å². The molecule has 0 aliphatic carbocycles. The molecule has 0 unspecified atom stereocenters. The van der Waals surface area contributed by atoms with Crippen LogP contribution in [0.5, 0.6) is 0 Å². The molecule has 1 aromatic rings.